The smallest absolute Gasteiger partial charge is 0.347 e. The molecule has 0 amide bonds. The summed E-state index contributed by atoms with van der Waals surface area (Å²) in [6.45, 7) is 28.2. The fraction of sp³-hybridized carbons (Fsp3) is 0.707. The molecule has 9 heteroatoms. The van der Waals surface area contributed by atoms with Gasteiger partial charge in [0.05, 0.1) is 5.60 Å². The molecule has 0 saturated carbocycles. The van der Waals surface area contributed by atoms with Crippen molar-refractivity contribution in [3.8, 4) is 5.75 Å². The van der Waals surface area contributed by atoms with Gasteiger partial charge in [0.25, 0.3) is 0 Å². The summed E-state index contributed by atoms with van der Waals surface area (Å²) in [4.78, 5) is 27.6. The van der Waals surface area contributed by atoms with Crippen LogP contribution in [0.2, 0.25) is 26.2 Å². The van der Waals surface area contributed by atoms with Crippen LogP contribution in [0.15, 0.2) is 48.1 Å². The normalized spacial score (nSPS) is 30.8. The zero-order chi connectivity index (χ0) is 37.2. The monoisotopic (exact) mass is 726 g/mol. The van der Waals surface area contributed by atoms with Crippen molar-refractivity contribution in [1.29, 1.82) is 0 Å². The van der Waals surface area contributed by atoms with Gasteiger partial charge in [-0.15, -0.1) is 0 Å². The van der Waals surface area contributed by atoms with E-state index in [4.69, 9.17) is 23.1 Å². The Morgan fingerprint density at radius 3 is 2.28 bits per heavy atom. The van der Waals surface area contributed by atoms with E-state index in [2.05, 4.69) is 92.9 Å². The number of ether oxygens (including phenoxy) is 3. The van der Waals surface area contributed by atoms with Crippen molar-refractivity contribution >= 4 is 30.0 Å². The number of allylic oxidation sites excluding steroid dienone is 2. The van der Waals surface area contributed by atoms with E-state index in [-0.39, 0.29) is 52.5 Å². The molecule has 1 aromatic rings. The van der Waals surface area contributed by atoms with Crippen LogP contribution in [0, 0.1) is 41.4 Å². The van der Waals surface area contributed by atoms with Gasteiger partial charge in [-0.1, -0.05) is 91.8 Å². The second kappa shape index (κ2) is 16.2. The van der Waals surface area contributed by atoms with Gasteiger partial charge in [0.1, 0.15) is 24.1 Å². The molecule has 9 atom stereocenters. The number of rotatable bonds is 12. The Hall–Kier alpha value is -2.21. The van der Waals surface area contributed by atoms with Gasteiger partial charge in [-0.2, -0.15) is 0 Å². The van der Waals surface area contributed by atoms with Crippen LogP contribution in [0.1, 0.15) is 93.1 Å². The van der Waals surface area contributed by atoms with Crippen molar-refractivity contribution in [3.63, 3.8) is 0 Å². The highest BCUT2D eigenvalue weighted by atomic mass is 28.3. The Balaban J connectivity index is 1.69. The van der Waals surface area contributed by atoms with Crippen molar-refractivity contribution < 1.29 is 32.7 Å². The molecule has 1 aromatic carbocycles. The van der Waals surface area contributed by atoms with Gasteiger partial charge in [0.15, 0.2) is 24.2 Å². The highest BCUT2D eigenvalue weighted by molar-refractivity contribution is 6.49. The molecule has 1 saturated heterocycles. The van der Waals surface area contributed by atoms with Crippen LogP contribution in [0.4, 0.5) is 0 Å². The first kappa shape index (κ1) is 40.6. The summed E-state index contributed by atoms with van der Waals surface area (Å²) >= 11 is 0. The molecule has 3 aliphatic rings. The second-order valence-electron chi connectivity index (χ2n) is 17.8. The Labute approximate surface area is 306 Å². The quantitative estimate of drug-likeness (QED) is 0.157. The zero-order valence-electron chi connectivity index (χ0n) is 33.2. The lowest BCUT2D eigenvalue weighted by molar-refractivity contribution is -0.180. The van der Waals surface area contributed by atoms with E-state index in [1.165, 1.54) is 5.57 Å². The molecule has 7 nitrogen and oxygen atoms in total. The Morgan fingerprint density at radius 2 is 1.70 bits per heavy atom. The maximum absolute atomic E-state index is 14.1. The number of esters is 2. The largest absolute Gasteiger partial charge is 0.478 e. The summed E-state index contributed by atoms with van der Waals surface area (Å²) in [5, 5.41) is 0. The van der Waals surface area contributed by atoms with Crippen LogP contribution >= 0.6 is 0 Å². The van der Waals surface area contributed by atoms with Crippen LogP contribution in [0.25, 0.3) is 0 Å². The molecule has 0 aromatic heterocycles. The Bertz CT molecular complexity index is 1390. The van der Waals surface area contributed by atoms with Gasteiger partial charge >= 0.3 is 11.9 Å². The molecule has 2 aliphatic carbocycles. The second-order valence-corrected chi connectivity index (χ2v) is 22.5. The molecular formula is C41H66O7Si2. The number of hydrogen-bond donors (Lipinski definition) is 0. The van der Waals surface area contributed by atoms with E-state index >= 15 is 0 Å². The van der Waals surface area contributed by atoms with Crippen molar-refractivity contribution in [3.05, 3.63) is 53.6 Å². The van der Waals surface area contributed by atoms with Crippen LogP contribution in [0.3, 0.4) is 0 Å². The first-order chi connectivity index (χ1) is 23.3. The van der Waals surface area contributed by atoms with E-state index in [9.17, 15) is 9.59 Å². The number of benzene rings is 1. The summed E-state index contributed by atoms with van der Waals surface area (Å²) in [7, 11) is -3.07. The third kappa shape index (κ3) is 9.41. The van der Waals surface area contributed by atoms with Crippen molar-refractivity contribution in [2.24, 2.45) is 34.5 Å². The van der Waals surface area contributed by atoms with Crippen LogP contribution < -0.4 is 4.74 Å². The summed E-state index contributed by atoms with van der Waals surface area (Å²) in [5.41, 5.74) is 1.42. The number of aryl methyl sites for hydroxylation is 1. The fourth-order valence-electron chi connectivity index (χ4n) is 8.27. The molecule has 50 heavy (non-hydrogen) atoms. The number of hydrogen-bond acceptors (Lipinski definition) is 7. The zero-order valence-corrected chi connectivity index (χ0v) is 35.5. The predicted octanol–water partition coefficient (Wildman–Crippen LogP) is 8.74. The lowest BCUT2D eigenvalue weighted by Gasteiger charge is -2.54. The molecule has 1 heterocycles. The van der Waals surface area contributed by atoms with Gasteiger partial charge in [-0.25, -0.2) is 9.59 Å². The van der Waals surface area contributed by atoms with Gasteiger partial charge < -0.3 is 23.1 Å². The van der Waals surface area contributed by atoms with Crippen LogP contribution in [0.5, 0.6) is 5.75 Å². The van der Waals surface area contributed by atoms with Crippen molar-refractivity contribution in [1.82, 2.24) is 0 Å². The first-order valence-corrected chi connectivity index (χ1v) is 24.7. The predicted molar refractivity (Wildman–Crippen MR) is 206 cm³/mol. The Morgan fingerprint density at radius 1 is 1.02 bits per heavy atom. The van der Waals surface area contributed by atoms with E-state index < -0.39 is 42.0 Å². The maximum Gasteiger partial charge on any atom is 0.347 e. The molecule has 4 rings (SSSR count). The summed E-state index contributed by atoms with van der Waals surface area (Å²) in [6.07, 6.45) is 8.39. The topological polar surface area (TPSA) is 80.3 Å². The lowest BCUT2D eigenvalue weighted by atomic mass is 9.59. The number of carbonyl (C=O) groups is 2. The molecule has 0 bridgehead atoms. The highest BCUT2D eigenvalue weighted by Gasteiger charge is 2.55. The number of carbonyl (C=O) groups excluding carboxylic acids is 2. The van der Waals surface area contributed by atoms with E-state index in [1.54, 1.807) is 0 Å². The third-order valence-corrected chi connectivity index (χ3v) is 12.9. The lowest BCUT2D eigenvalue weighted by Crippen LogP contribution is -2.58. The minimum absolute atomic E-state index is 0.0205. The molecule has 1 aliphatic heterocycles. The van der Waals surface area contributed by atoms with Gasteiger partial charge in [-0.05, 0) is 99.2 Å². The molecular weight excluding hydrogens is 661 g/mol. The number of fused-ring (bicyclic) bond motifs is 1. The minimum Gasteiger partial charge on any atom is -0.478 e. The van der Waals surface area contributed by atoms with Crippen molar-refractivity contribution in [2.75, 3.05) is 0 Å². The van der Waals surface area contributed by atoms with Gasteiger partial charge in [-0.3, -0.25) is 0 Å². The summed E-state index contributed by atoms with van der Waals surface area (Å²) in [6, 6.07) is 7.79. The highest BCUT2D eigenvalue weighted by Crippen LogP contribution is 2.53. The van der Waals surface area contributed by atoms with Gasteiger partial charge in [0.2, 0.25) is 0 Å². The van der Waals surface area contributed by atoms with E-state index in [0.29, 0.717) is 31.4 Å². The van der Waals surface area contributed by atoms with Crippen LogP contribution in [-0.2, 0) is 27.9 Å². The first-order valence-electron chi connectivity index (χ1n) is 19.1. The molecule has 0 spiro atoms. The minimum atomic E-state index is -1.61. The summed E-state index contributed by atoms with van der Waals surface area (Å²) in [5.74, 6) is 0.323. The summed E-state index contributed by atoms with van der Waals surface area (Å²) < 4.78 is 32.6. The standard InChI is InChI=1S/C41H66O7Si2/c1-14-32(45-33-18-16-15-17-26(33)2)37(42)46-34-24-29(39(4,5)6)23-28-20-19-27(3)41(35(28)34,48-50(12)13)22-21-30-25-31(40(7,8)9)36(38(43)44-30)47-49(10)11/h15-20,23,27,29-32,34-36,49-50H,14,21-22,24-25H2,1-13H3/t27-,29+,30+,31-,32?,34-,35+,36?,41-/m0/s1. The van der Waals surface area contributed by atoms with Gasteiger partial charge in [0, 0.05) is 17.8 Å². The fourth-order valence-corrected chi connectivity index (χ4v) is 10.5. The molecule has 0 N–H and O–H groups in total. The average Bonchev–Trinajstić information content (AvgIpc) is 3.00. The van der Waals surface area contributed by atoms with E-state index in [0.717, 1.165) is 12.0 Å². The number of para-hydroxylation sites is 1. The molecule has 2 unspecified atom stereocenters. The van der Waals surface area contributed by atoms with E-state index in [1.807, 2.05) is 38.1 Å². The maximum atomic E-state index is 14.1. The molecule has 0 radical (unpaired) electrons. The van der Waals surface area contributed by atoms with Crippen LogP contribution in [-0.4, -0.2) is 60.0 Å². The molecule has 280 valence electrons. The van der Waals surface area contributed by atoms with Crippen molar-refractivity contribution in [2.45, 2.75) is 151 Å². The average molecular weight is 727 g/mol. The molecule has 1 fully saturated rings. The third-order valence-electron chi connectivity index (χ3n) is 11.1. The Kier molecular flexibility index (Phi) is 13.2. The number of cyclic esters (lactones) is 1. The SMILES string of the molecule is CCC(Oc1ccccc1C)C(=O)O[C@H]1C[C@H](C(C)(C)C)C=C2C=C[C@H](C)[C@](CC[C@@H]3C[C@H](C(C)(C)C)C(O[SiH](C)C)C(=O)O3)(O[SiH](C)C)[C@H]21.